The summed E-state index contributed by atoms with van der Waals surface area (Å²) in [5, 5.41) is 3.72. The summed E-state index contributed by atoms with van der Waals surface area (Å²) >= 11 is 0. The summed E-state index contributed by atoms with van der Waals surface area (Å²) in [4.78, 5) is 14.9. The lowest BCUT2D eigenvalue weighted by Gasteiger charge is -2.01. The maximum atomic E-state index is 10.8. The van der Waals surface area contributed by atoms with Crippen LogP contribution in [0.3, 0.4) is 0 Å². The highest BCUT2D eigenvalue weighted by Crippen LogP contribution is 2.10. The van der Waals surface area contributed by atoms with Gasteiger partial charge in [-0.1, -0.05) is 23.4 Å². The normalized spacial score (nSPS) is 10.2. The van der Waals surface area contributed by atoms with E-state index in [9.17, 15) is 4.79 Å². The number of ether oxygens (including phenoxy) is 1. The van der Waals surface area contributed by atoms with Crippen molar-refractivity contribution < 1.29 is 14.1 Å². The molecule has 17 heavy (non-hydrogen) atoms. The van der Waals surface area contributed by atoms with Crippen LogP contribution in [0.4, 0.5) is 0 Å². The number of aromatic nitrogens is 2. The Kier molecular flexibility index (Phi) is 3.49. The molecule has 88 valence electrons. The van der Waals surface area contributed by atoms with Gasteiger partial charge < -0.3 is 9.26 Å². The van der Waals surface area contributed by atoms with E-state index >= 15 is 0 Å². The molecule has 5 heteroatoms. The molecule has 0 aliphatic rings. The monoisotopic (exact) mass is 232 g/mol. The maximum absolute atomic E-state index is 10.8. The zero-order chi connectivity index (χ0) is 12.1. The number of nitrogens with zero attached hydrogens (tertiary/aromatic N) is 2. The largest absolute Gasteiger partial charge is 0.485 e. The average molecular weight is 232 g/mol. The number of Topliss-reactive ketones (excluding diaryl/α,β-unsaturated/α-hetero) is 1. The minimum Gasteiger partial charge on any atom is -0.485 e. The first kappa shape index (κ1) is 11.3. The predicted octanol–water partition coefficient (Wildman–Crippen LogP) is 1.78. The Labute approximate surface area is 98.4 Å². The highest BCUT2D eigenvalue weighted by molar-refractivity contribution is 5.77. The van der Waals surface area contributed by atoms with Crippen LogP contribution < -0.4 is 4.74 Å². The SMILES string of the molecule is CC(=O)Cc1nc(COc2ccccc2)no1. The summed E-state index contributed by atoms with van der Waals surface area (Å²) in [6.07, 6.45) is 0.165. The molecule has 0 unspecified atom stereocenters. The number of benzene rings is 1. The van der Waals surface area contributed by atoms with Crippen molar-refractivity contribution in [3.63, 3.8) is 0 Å². The third kappa shape index (κ3) is 3.41. The van der Waals surface area contributed by atoms with Gasteiger partial charge in [-0.15, -0.1) is 0 Å². The van der Waals surface area contributed by atoms with Crippen LogP contribution in [0.15, 0.2) is 34.9 Å². The third-order valence-electron chi connectivity index (χ3n) is 2.02. The van der Waals surface area contributed by atoms with Crippen LogP contribution in [0, 0.1) is 0 Å². The smallest absolute Gasteiger partial charge is 0.234 e. The first-order chi connectivity index (χ1) is 8.24. The molecule has 0 fully saturated rings. The second-order valence-electron chi connectivity index (χ2n) is 3.58. The first-order valence-corrected chi connectivity index (χ1v) is 5.23. The van der Waals surface area contributed by atoms with Crippen molar-refractivity contribution in [3.05, 3.63) is 42.0 Å². The number of carbonyl (C=O) groups excluding carboxylic acids is 1. The van der Waals surface area contributed by atoms with Gasteiger partial charge in [0.05, 0.1) is 6.42 Å². The summed E-state index contributed by atoms with van der Waals surface area (Å²) in [6.45, 7) is 1.70. The zero-order valence-corrected chi connectivity index (χ0v) is 9.42. The molecule has 2 rings (SSSR count). The summed E-state index contributed by atoms with van der Waals surface area (Å²) in [5.74, 6) is 1.49. The Morgan fingerprint density at radius 2 is 2.12 bits per heavy atom. The van der Waals surface area contributed by atoms with Crippen molar-refractivity contribution in [2.45, 2.75) is 20.0 Å². The van der Waals surface area contributed by atoms with Crippen LogP contribution in [-0.4, -0.2) is 15.9 Å². The molecule has 1 aromatic heterocycles. The fraction of sp³-hybridized carbons (Fsp3) is 0.250. The van der Waals surface area contributed by atoms with Crippen molar-refractivity contribution in [2.24, 2.45) is 0 Å². The van der Waals surface area contributed by atoms with Crippen LogP contribution in [0.5, 0.6) is 5.75 Å². The Morgan fingerprint density at radius 1 is 1.35 bits per heavy atom. The number of hydrogen-bond acceptors (Lipinski definition) is 5. The minimum absolute atomic E-state index is 0.0100. The van der Waals surface area contributed by atoms with E-state index in [-0.39, 0.29) is 18.8 Å². The van der Waals surface area contributed by atoms with Gasteiger partial charge in [-0.25, -0.2) is 0 Å². The van der Waals surface area contributed by atoms with E-state index in [0.717, 1.165) is 5.75 Å². The van der Waals surface area contributed by atoms with Crippen molar-refractivity contribution in [3.8, 4) is 5.75 Å². The molecule has 0 radical (unpaired) electrons. The molecule has 5 nitrogen and oxygen atoms in total. The van der Waals surface area contributed by atoms with Gasteiger partial charge in [-0.05, 0) is 19.1 Å². The van der Waals surface area contributed by atoms with Gasteiger partial charge in [0.2, 0.25) is 11.7 Å². The van der Waals surface area contributed by atoms with Gasteiger partial charge >= 0.3 is 0 Å². The molecule has 0 aliphatic heterocycles. The van der Waals surface area contributed by atoms with Crippen LogP contribution in [0.1, 0.15) is 18.6 Å². The lowest BCUT2D eigenvalue weighted by Crippen LogP contribution is -1.99. The van der Waals surface area contributed by atoms with Crippen molar-refractivity contribution in [2.75, 3.05) is 0 Å². The average Bonchev–Trinajstić information content (AvgIpc) is 2.75. The second-order valence-corrected chi connectivity index (χ2v) is 3.58. The molecule has 1 aromatic carbocycles. The molecular weight excluding hydrogens is 220 g/mol. The Bertz CT molecular complexity index is 493. The second kappa shape index (κ2) is 5.25. The fourth-order valence-corrected chi connectivity index (χ4v) is 1.30. The topological polar surface area (TPSA) is 65.2 Å². The summed E-state index contributed by atoms with van der Waals surface area (Å²) < 4.78 is 10.3. The molecule has 0 aliphatic carbocycles. The van der Waals surface area contributed by atoms with Crippen LogP contribution in [0.25, 0.3) is 0 Å². The molecule has 0 N–H and O–H groups in total. The van der Waals surface area contributed by atoms with Gasteiger partial charge in [-0.2, -0.15) is 4.98 Å². The van der Waals surface area contributed by atoms with Gasteiger partial charge in [0.25, 0.3) is 0 Å². The Hall–Kier alpha value is -2.17. The minimum atomic E-state index is -0.0100. The summed E-state index contributed by atoms with van der Waals surface area (Å²) in [5.41, 5.74) is 0. The zero-order valence-electron chi connectivity index (χ0n) is 9.42. The van der Waals surface area contributed by atoms with Crippen molar-refractivity contribution in [1.82, 2.24) is 10.1 Å². The lowest BCUT2D eigenvalue weighted by atomic mass is 10.3. The molecule has 0 amide bonds. The van der Waals surface area contributed by atoms with E-state index in [1.165, 1.54) is 6.92 Å². The molecule has 0 saturated heterocycles. The molecule has 0 spiro atoms. The fourth-order valence-electron chi connectivity index (χ4n) is 1.30. The van der Waals surface area contributed by atoms with Gasteiger partial charge in [-0.3, -0.25) is 4.79 Å². The van der Waals surface area contributed by atoms with Gasteiger partial charge in [0, 0.05) is 0 Å². The molecule has 2 aromatic rings. The quantitative estimate of drug-likeness (QED) is 0.786. The Morgan fingerprint density at radius 3 is 2.82 bits per heavy atom. The van der Waals surface area contributed by atoms with E-state index in [1.54, 1.807) is 0 Å². The van der Waals surface area contributed by atoms with E-state index in [0.29, 0.717) is 11.7 Å². The molecule has 0 atom stereocenters. The first-order valence-electron chi connectivity index (χ1n) is 5.23. The molecule has 0 bridgehead atoms. The number of para-hydroxylation sites is 1. The number of hydrogen-bond donors (Lipinski definition) is 0. The summed E-state index contributed by atoms with van der Waals surface area (Å²) in [7, 11) is 0. The van der Waals surface area contributed by atoms with E-state index in [4.69, 9.17) is 9.26 Å². The lowest BCUT2D eigenvalue weighted by molar-refractivity contribution is -0.116. The number of ketones is 1. The van der Waals surface area contributed by atoms with Crippen LogP contribution in [0.2, 0.25) is 0 Å². The molecule has 1 heterocycles. The maximum Gasteiger partial charge on any atom is 0.234 e. The summed E-state index contributed by atoms with van der Waals surface area (Å²) in [6, 6.07) is 9.36. The Balaban J connectivity index is 1.91. The number of rotatable bonds is 5. The van der Waals surface area contributed by atoms with E-state index in [1.807, 2.05) is 30.3 Å². The van der Waals surface area contributed by atoms with Crippen molar-refractivity contribution >= 4 is 5.78 Å². The highest BCUT2D eigenvalue weighted by atomic mass is 16.5. The van der Waals surface area contributed by atoms with Crippen molar-refractivity contribution in [1.29, 1.82) is 0 Å². The third-order valence-corrected chi connectivity index (χ3v) is 2.02. The van der Waals surface area contributed by atoms with E-state index < -0.39 is 0 Å². The molecular formula is C12H12N2O3. The van der Waals surface area contributed by atoms with Gasteiger partial charge in [0.15, 0.2) is 6.61 Å². The van der Waals surface area contributed by atoms with Crippen LogP contribution >= 0.6 is 0 Å². The number of carbonyl (C=O) groups is 1. The highest BCUT2D eigenvalue weighted by Gasteiger charge is 2.08. The van der Waals surface area contributed by atoms with Gasteiger partial charge in [0.1, 0.15) is 11.5 Å². The predicted molar refractivity (Wildman–Crippen MR) is 59.5 cm³/mol. The molecule has 0 saturated carbocycles. The van der Waals surface area contributed by atoms with Crippen LogP contribution in [-0.2, 0) is 17.8 Å². The van der Waals surface area contributed by atoms with E-state index in [2.05, 4.69) is 10.1 Å². The standard InChI is InChI=1S/C12H12N2O3/c1-9(15)7-12-13-11(14-17-12)8-16-10-5-3-2-4-6-10/h2-6H,7-8H2,1H3.